The van der Waals surface area contributed by atoms with E-state index in [1.165, 1.54) is 0 Å². The van der Waals surface area contributed by atoms with E-state index < -0.39 is 10.0 Å². The van der Waals surface area contributed by atoms with Crippen LogP contribution in [0.25, 0.3) is 0 Å². The van der Waals surface area contributed by atoms with Gasteiger partial charge in [-0.15, -0.1) is 0 Å². The molecule has 0 radical (unpaired) electrons. The molecule has 0 saturated carbocycles. The summed E-state index contributed by atoms with van der Waals surface area (Å²) in [5.41, 5.74) is 4.37. The molecule has 5 nitrogen and oxygen atoms in total. The van der Waals surface area contributed by atoms with Gasteiger partial charge >= 0.3 is 0 Å². The normalized spacial score (nSPS) is 11.2. The molecule has 0 fully saturated rings. The maximum absolute atomic E-state index is 12.5. The number of aryl methyl sites for hydroxylation is 3. The summed E-state index contributed by atoms with van der Waals surface area (Å²) >= 11 is 0. The van der Waals surface area contributed by atoms with Gasteiger partial charge in [0.2, 0.25) is 15.9 Å². The van der Waals surface area contributed by atoms with Crippen molar-refractivity contribution in [2.75, 3.05) is 11.3 Å². The summed E-state index contributed by atoms with van der Waals surface area (Å²) < 4.78 is 27.6. The zero-order valence-electron chi connectivity index (χ0n) is 16.2. The predicted molar refractivity (Wildman–Crippen MR) is 110 cm³/mol. The van der Waals surface area contributed by atoms with E-state index in [2.05, 4.69) is 10.0 Å². The third-order valence-electron chi connectivity index (χ3n) is 4.29. The molecule has 2 aromatic carbocycles. The predicted octanol–water partition coefficient (Wildman–Crippen LogP) is 3.70. The minimum atomic E-state index is -3.50. The molecule has 0 bridgehead atoms. The molecule has 1 amide bonds. The molecular weight excluding hydrogens is 360 g/mol. The quantitative estimate of drug-likeness (QED) is 0.688. The van der Waals surface area contributed by atoms with Crippen molar-refractivity contribution in [1.82, 2.24) is 5.32 Å². The highest BCUT2D eigenvalue weighted by Gasteiger charge is 2.13. The van der Waals surface area contributed by atoms with Crippen LogP contribution in [0.5, 0.6) is 0 Å². The van der Waals surface area contributed by atoms with Crippen molar-refractivity contribution in [3.63, 3.8) is 0 Å². The molecule has 0 aromatic heterocycles. The molecule has 0 atom stereocenters. The van der Waals surface area contributed by atoms with E-state index in [9.17, 15) is 13.2 Å². The summed E-state index contributed by atoms with van der Waals surface area (Å²) in [6, 6.07) is 12.9. The lowest BCUT2D eigenvalue weighted by Crippen LogP contribution is -2.24. The van der Waals surface area contributed by atoms with Crippen LogP contribution in [0.15, 0.2) is 42.5 Å². The van der Waals surface area contributed by atoms with E-state index in [0.29, 0.717) is 25.1 Å². The molecule has 146 valence electrons. The van der Waals surface area contributed by atoms with Gasteiger partial charge in [-0.2, -0.15) is 0 Å². The standard InChI is InChI=1S/C21H28N2O3S/c1-4-13-22-21(24)12-10-19-14-20(11-7-17(19)3)23-27(25,26)15-18-8-5-16(2)6-9-18/h5-9,11,14,23H,4,10,12-13,15H2,1-3H3,(H,22,24). The molecule has 0 saturated heterocycles. The Morgan fingerprint density at radius 3 is 2.41 bits per heavy atom. The largest absolute Gasteiger partial charge is 0.356 e. The first-order chi connectivity index (χ1) is 12.8. The Labute approximate surface area is 162 Å². The van der Waals surface area contributed by atoms with E-state index in [4.69, 9.17) is 0 Å². The Morgan fingerprint density at radius 2 is 1.74 bits per heavy atom. The number of amides is 1. The lowest BCUT2D eigenvalue weighted by molar-refractivity contribution is -0.121. The average molecular weight is 389 g/mol. The monoisotopic (exact) mass is 388 g/mol. The van der Waals surface area contributed by atoms with Gasteiger partial charge in [-0.1, -0.05) is 42.8 Å². The molecule has 2 aromatic rings. The summed E-state index contributed by atoms with van der Waals surface area (Å²) in [5, 5.41) is 2.86. The molecule has 0 heterocycles. The number of hydrogen-bond acceptors (Lipinski definition) is 3. The number of anilines is 1. The molecule has 0 spiro atoms. The number of hydrogen-bond donors (Lipinski definition) is 2. The first kappa shape index (κ1) is 21.0. The van der Waals surface area contributed by atoms with E-state index in [1.54, 1.807) is 6.07 Å². The van der Waals surface area contributed by atoms with Crippen LogP contribution in [-0.4, -0.2) is 20.9 Å². The minimum absolute atomic E-state index is 0.0154. The van der Waals surface area contributed by atoms with Crippen LogP contribution in [-0.2, 0) is 27.0 Å². The Kier molecular flexibility index (Phi) is 7.42. The fourth-order valence-corrected chi connectivity index (χ4v) is 3.91. The van der Waals surface area contributed by atoms with Crippen molar-refractivity contribution in [3.8, 4) is 0 Å². The summed E-state index contributed by atoms with van der Waals surface area (Å²) in [6.45, 7) is 6.62. The van der Waals surface area contributed by atoms with Crippen LogP contribution >= 0.6 is 0 Å². The Balaban J connectivity index is 2.03. The number of carbonyl (C=O) groups excluding carboxylic acids is 1. The van der Waals surface area contributed by atoms with Gasteiger partial charge in [-0.25, -0.2) is 8.42 Å². The molecule has 0 aliphatic rings. The molecule has 0 aliphatic heterocycles. The highest BCUT2D eigenvalue weighted by molar-refractivity contribution is 7.91. The molecular formula is C21H28N2O3S. The van der Waals surface area contributed by atoms with Crippen molar-refractivity contribution in [2.24, 2.45) is 0 Å². The van der Waals surface area contributed by atoms with Gasteiger partial charge in [-0.05, 0) is 55.5 Å². The van der Waals surface area contributed by atoms with Crippen LogP contribution < -0.4 is 10.0 Å². The number of rotatable bonds is 9. The molecule has 0 aliphatic carbocycles. The topological polar surface area (TPSA) is 75.3 Å². The third kappa shape index (κ3) is 7.06. The van der Waals surface area contributed by atoms with Gasteiger partial charge in [0.25, 0.3) is 0 Å². The summed E-state index contributed by atoms with van der Waals surface area (Å²) in [4.78, 5) is 11.8. The number of carbonyl (C=O) groups is 1. The molecule has 6 heteroatoms. The highest BCUT2D eigenvalue weighted by Crippen LogP contribution is 2.19. The molecule has 2 N–H and O–H groups in total. The first-order valence-corrected chi connectivity index (χ1v) is 10.9. The zero-order chi connectivity index (χ0) is 19.9. The van der Waals surface area contributed by atoms with Gasteiger partial charge in [0.05, 0.1) is 5.75 Å². The molecule has 27 heavy (non-hydrogen) atoms. The third-order valence-corrected chi connectivity index (χ3v) is 5.55. The van der Waals surface area contributed by atoms with Gasteiger partial charge in [-0.3, -0.25) is 9.52 Å². The van der Waals surface area contributed by atoms with Crippen LogP contribution in [0.1, 0.15) is 42.0 Å². The van der Waals surface area contributed by atoms with Crippen molar-refractivity contribution >= 4 is 21.6 Å². The SMILES string of the molecule is CCCNC(=O)CCc1cc(NS(=O)(=O)Cc2ccc(C)cc2)ccc1C. The highest BCUT2D eigenvalue weighted by atomic mass is 32.2. The fourth-order valence-electron chi connectivity index (χ4n) is 2.72. The lowest BCUT2D eigenvalue weighted by atomic mass is 10.0. The summed E-state index contributed by atoms with van der Waals surface area (Å²) in [5.74, 6) is -0.0581. The van der Waals surface area contributed by atoms with Crippen molar-refractivity contribution < 1.29 is 13.2 Å². The van der Waals surface area contributed by atoms with Crippen molar-refractivity contribution in [3.05, 3.63) is 64.7 Å². The average Bonchev–Trinajstić information content (AvgIpc) is 2.62. The smallest absolute Gasteiger partial charge is 0.236 e. The number of nitrogens with one attached hydrogen (secondary N) is 2. The molecule has 0 unspecified atom stereocenters. The van der Waals surface area contributed by atoms with Crippen LogP contribution in [0.2, 0.25) is 0 Å². The van der Waals surface area contributed by atoms with E-state index in [0.717, 1.165) is 28.7 Å². The van der Waals surface area contributed by atoms with Gasteiger partial charge in [0.1, 0.15) is 0 Å². The number of sulfonamides is 1. The van der Waals surface area contributed by atoms with E-state index >= 15 is 0 Å². The van der Waals surface area contributed by atoms with Gasteiger partial charge in [0, 0.05) is 18.7 Å². The minimum Gasteiger partial charge on any atom is -0.356 e. The Hall–Kier alpha value is -2.34. The van der Waals surface area contributed by atoms with Gasteiger partial charge in [0.15, 0.2) is 0 Å². The van der Waals surface area contributed by atoms with E-state index in [1.807, 2.05) is 57.2 Å². The second kappa shape index (κ2) is 9.55. The van der Waals surface area contributed by atoms with Crippen molar-refractivity contribution in [1.29, 1.82) is 0 Å². The van der Waals surface area contributed by atoms with Crippen molar-refractivity contribution in [2.45, 2.75) is 45.8 Å². The maximum atomic E-state index is 12.5. The Bertz CT molecular complexity index is 875. The zero-order valence-corrected chi connectivity index (χ0v) is 17.0. The second-order valence-electron chi connectivity index (χ2n) is 6.84. The Morgan fingerprint density at radius 1 is 1.04 bits per heavy atom. The number of benzene rings is 2. The van der Waals surface area contributed by atoms with Crippen LogP contribution in [0.3, 0.4) is 0 Å². The maximum Gasteiger partial charge on any atom is 0.236 e. The first-order valence-electron chi connectivity index (χ1n) is 9.21. The summed E-state index contributed by atoms with van der Waals surface area (Å²) in [6.07, 6.45) is 1.87. The molecule has 2 rings (SSSR count). The van der Waals surface area contributed by atoms with Crippen LogP contribution in [0.4, 0.5) is 5.69 Å². The lowest BCUT2D eigenvalue weighted by Gasteiger charge is -2.12. The summed E-state index contributed by atoms with van der Waals surface area (Å²) in [7, 11) is -3.50. The van der Waals surface area contributed by atoms with Gasteiger partial charge < -0.3 is 5.32 Å². The van der Waals surface area contributed by atoms with E-state index in [-0.39, 0.29) is 11.7 Å². The van der Waals surface area contributed by atoms with Crippen LogP contribution in [0, 0.1) is 13.8 Å². The second-order valence-corrected chi connectivity index (χ2v) is 8.56. The fraction of sp³-hybridized carbons (Fsp3) is 0.381.